The first-order chi connectivity index (χ1) is 12.8. The third kappa shape index (κ3) is 3.71. The Bertz CT molecular complexity index is 848. The van der Waals surface area contributed by atoms with Gasteiger partial charge >= 0.3 is 0 Å². The van der Waals surface area contributed by atoms with E-state index < -0.39 is 0 Å². The van der Waals surface area contributed by atoms with Crippen LogP contribution in [0.1, 0.15) is 12.8 Å². The van der Waals surface area contributed by atoms with E-state index in [2.05, 4.69) is 33.5 Å². The SMILES string of the molecule is OC[C@H]1CCCN(CCNc2cc(-c3ccccc3)nc3ccnn23)C1. The van der Waals surface area contributed by atoms with Crippen LogP contribution in [0.5, 0.6) is 0 Å². The van der Waals surface area contributed by atoms with Crippen LogP contribution in [-0.2, 0) is 0 Å². The lowest BCUT2D eigenvalue weighted by Crippen LogP contribution is -2.39. The van der Waals surface area contributed by atoms with Crippen LogP contribution < -0.4 is 5.32 Å². The lowest BCUT2D eigenvalue weighted by atomic mass is 9.99. The van der Waals surface area contributed by atoms with Crippen LogP contribution in [0.4, 0.5) is 5.82 Å². The highest BCUT2D eigenvalue weighted by Gasteiger charge is 2.18. The van der Waals surface area contributed by atoms with E-state index in [9.17, 15) is 5.11 Å². The second-order valence-electron chi connectivity index (χ2n) is 6.91. The van der Waals surface area contributed by atoms with Gasteiger partial charge in [0.25, 0.3) is 0 Å². The molecule has 2 aromatic heterocycles. The zero-order chi connectivity index (χ0) is 17.8. The number of nitrogens with one attached hydrogen (secondary N) is 1. The molecule has 0 spiro atoms. The summed E-state index contributed by atoms with van der Waals surface area (Å²) in [5.41, 5.74) is 2.88. The van der Waals surface area contributed by atoms with Crippen molar-refractivity contribution in [2.45, 2.75) is 12.8 Å². The number of likely N-dealkylation sites (tertiary alicyclic amines) is 1. The average molecular weight is 351 g/mol. The number of nitrogens with zero attached hydrogens (tertiary/aromatic N) is 4. The molecule has 1 aromatic carbocycles. The molecule has 1 atom stereocenters. The Balaban J connectivity index is 1.48. The maximum Gasteiger partial charge on any atom is 0.157 e. The topological polar surface area (TPSA) is 65.7 Å². The molecule has 0 bridgehead atoms. The van der Waals surface area contributed by atoms with Gasteiger partial charge in [-0.15, -0.1) is 0 Å². The molecule has 6 nitrogen and oxygen atoms in total. The first kappa shape index (κ1) is 17.0. The van der Waals surface area contributed by atoms with E-state index in [1.165, 1.54) is 6.42 Å². The summed E-state index contributed by atoms with van der Waals surface area (Å²) < 4.78 is 1.85. The maximum atomic E-state index is 9.38. The number of benzene rings is 1. The molecule has 0 radical (unpaired) electrons. The van der Waals surface area contributed by atoms with Gasteiger partial charge in [0.1, 0.15) is 5.82 Å². The van der Waals surface area contributed by atoms with E-state index in [1.807, 2.05) is 28.8 Å². The molecule has 0 saturated carbocycles. The van der Waals surface area contributed by atoms with E-state index in [1.54, 1.807) is 6.20 Å². The largest absolute Gasteiger partial charge is 0.396 e. The van der Waals surface area contributed by atoms with Crippen molar-refractivity contribution in [2.75, 3.05) is 38.1 Å². The quantitative estimate of drug-likeness (QED) is 0.714. The van der Waals surface area contributed by atoms with Gasteiger partial charge in [-0.1, -0.05) is 30.3 Å². The molecule has 1 aliphatic rings. The van der Waals surface area contributed by atoms with Crippen LogP contribution in [0.2, 0.25) is 0 Å². The number of piperidine rings is 1. The summed E-state index contributed by atoms with van der Waals surface area (Å²) in [5.74, 6) is 1.38. The van der Waals surface area contributed by atoms with Crippen molar-refractivity contribution in [3.05, 3.63) is 48.7 Å². The number of aliphatic hydroxyl groups is 1. The summed E-state index contributed by atoms with van der Waals surface area (Å²) >= 11 is 0. The van der Waals surface area contributed by atoms with Crippen molar-refractivity contribution >= 4 is 11.5 Å². The fourth-order valence-corrected chi connectivity index (χ4v) is 3.64. The minimum atomic E-state index is 0.294. The molecular formula is C20H25N5O. The molecule has 136 valence electrons. The molecule has 0 aliphatic carbocycles. The van der Waals surface area contributed by atoms with Crippen molar-refractivity contribution in [3.63, 3.8) is 0 Å². The summed E-state index contributed by atoms with van der Waals surface area (Å²) in [7, 11) is 0. The molecule has 1 saturated heterocycles. The highest BCUT2D eigenvalue weighted by molar-refractivity contribution is 5.66. The number of rotatable bonds is 6. The Morgan fingerprint density at radius 2 is 2.08 bits per heavy atom. The molecule has 6 heteroatoms. The van der Waals surface area contributed by atoms with Crippen LogP contribution in [0.3, 0.4) is 0 Å². The number of anilines is 1. The number of fused-ring (bicyclic) bond motifs is 1. The first-order valence-electron chi connectivity index (χ1n) is 9.31. The Labute approximate surface area is 153 Å². The Hall–Kier alpha value is -2.44. The molecule has 1 aliphatic heterocycles. The number of aliphatic hydroxyl groups excluding tert-OH is 1. The second kappa shape index (κ2) is 7.85. The average Bonchev–Trinajstić information content (AvgIpc) is 3.18. The Morgan fingerprint density at radius 1 is 1.19 bits per heavy atom. The van der Waals surface area contributed by atoms with Gasteiger partial charge in [-0.3, -0.25) is 0 Å². The van der Waals surface area contributed by atoms with Crippen LogP contribution in [-0.4, -0.2) is 57.4 Å². The molecule has 26 heavy (non-hydrogen) atoms. The van der Waals surface area contributed by atoms with Crippen molar-refractivity contribution in [1.29, 1.82) is 0 Å². The zero-order valence-electron chi connectivity index (χ0n) is 14.9. The predicted molar refractivity (Wildman–Crippen MR) is 103 cm³/mol. The molecule has 0 amide bonds. The van der Waals surface area contributed by atoms with Gasteiger partial charge in [0.05, 0.1) is 11.9 Å². The van der Waals surface area contributed by atoms with E-state index >= 15 is 0 Å². The molecule has 1 fully saturated rings. The molecular weight excluding hydrogens is 326 g/mol. The third-order valence-corrected chi connectivity index (χ3v) is 5.02. The van der Waals surface area contributed by atoms with Crippen molar-refractivity contribution in [1.82, 2.24) is 19.5 Å². The molecule has 2 N–H and O–H groups in total. The lowest BCUT2D eigenvalue weighted by Gasteiger charge is -2.31. The molecule has 4 rings (SSSR count). The van der Waals surface area contributed by atoms with Crippen LogP contribution in [0.15, 0.2) is 48.7 Å². The fourth-order valence-electron chi connectivity index (χ4n) is 3.64. The van der Waals surface area contributed by atoms with Crippen molar-refractivity contribution in [3.8, 4) is 11.3 Å². The minimum absolute atomic E-state index is 0.294. The Morgan fingerprint density at radius 3 is 2.92 bits per heavy atom. The van der Waals surface area contributed by atoms with Gasteiger partial charge in [0, 0.05) is 43.9 Å². The van der Waals surface area contributed by atoms with Crippen LogP contribution in [0, 0.1) is 5.92 Å². The predicted octanol–water partition coefficient (Wildman–Crippen LogP) is 2.51. The van der Waals surface area contributed by atoms with E-state index in [-0.39, 0.29) is 0 Å². The van der Waals surface area contributed by atoms with Crippen molar-refractivity contribution in [2.24, 2.45) is 5.92 Å². The first-order valence-corrected chi connectivity index (χ1v) is 9.31. The number of hydrogen-bond acceptors (Lipinski definition) is 5. The summed E-state index contributed by atoms with van der Waals surface area (Å²) in [6.07, 6.45) is 4.08. The van der Waals surface area contributed by atoms with E-state index in [4.69, 9.17) is 4.98 Å². The normalized spacial score (nSPS) is 18.3. The van der Waals surface area contributed by atoms with Gasteiger partial charge in [-0.25, -0.2) is 4.98 Å². The standard InChI is InChI=1S/C20H25N5O/c26-15-16-5-4-11-24(14-16)12-10-21-20-13-18(17-6-2-1-3-7-17)23-19-8-9-22-25(19)20/h1-3,6-9,13,16,21,26H,4-5,10-12,14-15H2/t16-/m0/s1. The summed E-state index contributed by atoms with van der Waals surface area (Å²) in [6.45, 7) is 4.19. The zero-order valence-corrected chi connectivity index (χ0v) is 14.9. The number of hydrogen-bond donors (Lipinski definition) is 2. The van der Waals surface area contributed by atoms with Crippen molar-refractivity contribution < 1.29 is 5.11 Å². The van der Waals surface area contributed by atoms with Gasteiger partial charge in [-0.05, 0) is 25.3 Å². The smallest absolute Gasteiger partial charge is 0.157 e. The highest BCUT2D eigenvalue weighted by atomic mass is 16.3. The van der Waals surface area contributed by atoms with Gasteiger partial charge < -0.3 is 15.3 Å². The molecule has 0 unspecified atom stereocenters. The molecule has 3 heterocycles. The van der Waals surface area contributed by atoms with Crippen LogP contribution >= 0.6 is 0 Å². The molecule has 3 aromatic rings. The minimum Gasteiger partial charge on any atom is -0.396 e. The van der Waals surface area contributed by atoms with Gasteiger partial charge in [-0.2, -0.15) is 9.61 Å². The van der Waals surface area contributed by atoms with Crippen LogP contribution in [0.25, 0.3) is 16.9 Å². The van der Waals surface area contributed by atoms with Gasteiger partial charge in [0.2, 0.25) is 0 Å². The van der Waals surface area contributed by atoms with E-state index in [0.29, 0.717) is 12.5 Å². The summed E-state index contributed by atoms with van der Waals surface area (Å²) in [6, 6.07) is 14.2. The monoisotopic (exact) mass is 351 g/mol. The van der Waals surface area contributed by atoms with Gasteiger partial charge in [0.15, 0.2) is 5.65 Å². The second-order valence-corrected chi connectivity index (χ2v) is 6.91. The maximum absolute atomic E-state index is 9.38. The highest BCUT2D eigenvalue weighted by Crippen LogP contribution is 2.22. The van der Waals surface area contributed by atoms with E-state index in [0.717, 1.165) is 55.3 Å². The lowest BCUT2D eigenvalue weighted by molar-refractivity contribution is 0.123. The number of aromatic nitrogens is 3. The third-order valence-electron chi connectivity index (χ3n) is 5.02. The Kier molecular flexibility index (Phi) is 5.13. The fraction of sp³-hybridized carbons (Fsp3) is 0.400. The summed E-state index contributed by atoms with van der Waals surface area (Å²) in [5, 5.41) is 17.3. The summed E-state index contributed by atoms with van der Waals surface area (Å²) in [4.78, 5) is 7.13.